The molecule has 1 atom stereocenters. The van der Waals surface area contributed by atoms with E-state index in [2.05, 4.69) is 5.32 Å². The third-order valence-corrected chi connectivity index (χ3v) is 3.09. The Bertz CT molecular complexity index is 418. The van der Waals surface area contributed by atoms with Gasteiger partial charge in [0, 0.05) is 36.3 Å². The minimum Gasteiger partial charge on any atom is -0.333 e. The van der Waals surface area contributed by atoms with Crippen molar-refractivity contribution in [1.29, 1.82) is 0 Å². The number of amides is 1. The molecule has 17 heavy (non-hydrogen) atoms. The van der Waals surface area contributed by atoms with Crippen LogP contribution in [0, 0.1) is 5.82 Å². The van der Waals surface area contributed by atoms with Crippen molar-refractivity contribution in [3.63, 3.8) is 0 Å². The quantitative estimate of drug-likeness (QED) is 0.833. The normalized spacial score (nSPS) is 20.4. The molecular formula is C12H14ClFN2O. The average Bonchev–Trinajstić information content (AvgIpc) is 2.27. The first-order chi connectivity index (χ1) is 8.08. The van der Waals surface area contributed by atoms with Crippen molar-refractivity contribution in [2.45, 2.75) is 13.0 Å². The zero-order valence-electron chi connectivity index (χ0n) is 9.54. The van der Waals surface area contributed by atoms with Crippen LogP contribution in [-0.2, 0) is 0 Å². The van der Waals surface area contributed by atoms with Crippen LogP contribution < -0.4 is 5.32 Å². The van der Waals surface area contributed by atoms with Crippen LogP contribution in [0.3, 0.4) is 0 Å². The summed E-state index contributed by atoms with van der Waals surface area (Å²) in [7, 11) is 0. The molecule has 1 saturated heterocycles. The van der Waals surface area contributed by atoms with Crippen molar-refractivity contribution in [3.8, 4) is 0 Å². The van der Waals surface area contributed by atoms with Gasteiger partial charge in [-0.3, -0.25) is 4.79 Å². The molecule has 0 spiro atoms. The Balaban J connectivity index is 2.23. The lowest BCUT2D eigenvalue weighted by molar-refractivity contribution is 0.0655. The average molecular weight is 257 g/mol. The number of hydrogen-bond acceptors (Lipinski definition) is 2. The van der Waals surface area contributed by atoms with Crippen LogP contribution in [0.15, 0.2) is 18.2 Å². The molecule has 1 N–H and O–H groups in total. The molecule has 1 aliphatic rings. The molecule has 0 aliphatic carbocycles. The van der Waals surface area contributed by atoms with Gasteiger partial charge in [0.1, 0.15) is 5.82 Å². The summed E-state index contributed by atoms with van der Waals surface area (Å²) in [6, 6.07) is 4.03. The summed E-state index contributed by atoms with van der Waals surface area (Å²) in [5, 5.41) is 3.45. The fraction of sp³-hybridized carbons (Fsp3) is 0.417. The predicted octanol–water partition coefficient (Wildman–Crippen LogP) is 1.91. The van der Waals surface area contributed by atoms with Gasteiger partial charge in [0.2, 0.25) is 0 Å². The molecular weight excluding hydrogens is 243 g/mol. The Morgan fingerprint density at radius 1 is 1.53 bits per heavy atom. The summed E-state index contributed by atoms with van der Waals surface area (Å²) in [6.45, 7) is 4.12. The van der Waals surface area contributed by atoms with Gasteiger partial charge < -0.3 is 10.2 Å². The van der Waals surface area contributed by atoms with Gasteiger partial charge in [-0.25, -0.2) is 4.39 Å². The lowest BCUT2D eigenvalue weighted by Gasteiger charge is -2.34. The maximum atomic E-state index is 13.2. The Morgan fingerprint density at radius 2 is 2.29 bits per heavy atom. The third kappa shape index (κ3) is 2.76. The summed E-state index contributed by atoms with van der Waals surface area (Å²) in [6.07, 6.45) is 0. The number of hydrogen-bond donors (Lipinski definition) is 1. The highest BCUT2D eigenvalue weighted by Crippen LogP contribution is 2.17. The molecule has 1 heterocycles. The molecule has 1 amide bonds. The first-order valence-electron chi connectivity index (χ1n) is 5.55. The number of carbonyl (C=O) groups is 1. The van der Waals surface area contributed by atoms with Crippen molar-refractivity contribution in [3.05, 3.63) is 34.6 Å². The fourth-order valence-electron chi connectivity index (χ4n) is 1.99. The van der Waals surface area contributed by atoms with E-state index in [0.29, 0.717) is 12.1 Å². The number of carbonyl (C=O) groups excluding carboxylic acids is 1. The Morgan fingerprint density at radius 3 is 2.94 bits per heavy atom. The minimum atomic E-state index is -0.483. The monoisotopic (exact) mass is 256 g/mol. The van der Waals surface area contributed by atoms with Gasteiger partial charge in [-0.2, -0.15) is 0 Å². The van der Waals surface area contributed by atoms with Gasteiger partial charge >= 0.3 is 0 Å². The first-order valence-corrected chi connectivity index (χ1v) is 5.93. The number of nitrogens with zero attached hydrogens (tertiary/aromatic N) is 1. The van der Waals surface area contributed by atoms with E-state index in [1.807, 2.05) is 6.92 Å². The molecule has 0 radical (unpaired) electrons. The van der Waals surface area contributed by atoms with E-state index in [-0.39, 0.29) is 17.0 Å². The van der Waals surface area contributed by atoms with Gasteiger partial charge in [0.15, 0.2) is 0 Å². The molecule has 0 aromatic heterocycles. The van der Waals surface area contributed by atoms with Gasteiger partial charge in [0.25, 0.3) is 5.91 Å². The molecule has 0 bridgehead atoms. The standard InChI is InChI=1S/C12H14ClFN2O/c1-8-7-15-2-3-16(8)12(17)9-4-10(13)6-11(14)5-9/h4-6,8,15H,2-3,7H2,1H3/t8-/m0/s1. The molecule has 0 unspecified atom stereocenters. The van der Waals surface area contributed by atoms with Crippen molar-refractivity contribution in [1.82, 2.24) is 10.2 Å². The molecule has 1 aromatic carbocycles. The first kappa shape index (κ1) is 12.3. The Hall–Kier alpha value is -1.13. The third-order valence-electron chi connectivity index (χ3n) is 2.87. The topological polar surface area (TPSA) is 32.3 Å². The maximum absolute atomic E-state index is 13.2. The number of halogens is 2. The van der Waals surface area contributed by atoms with E-state index in [9.17, 15) is 9.18 Å². The highest BCUT2D eigenvalue weighted by molar-refractivity contribution is 6.31. The van der Waals surface area contributed by atoms with Gasteiger partial charge in [-0.05, 0) is 25.1 Å². The van der Waals surface area contributed by atoms with E-state index in [0.717, 1.165) is 13.1 Å². The number of benzene rings is 1. The molecule has 0 saturated carbocycles. The van der Waals surface area contributed by atoms with Crippen LogP contribution in [-0.4, -0.2) is 36.5 Å². The fourth-order valence-corrected chi connectivity index (χ4v) is 2.21. The Labute approximate surface area is 105 Å². The van der Waals surface area contributed by atoms with E-state index in [1.165, 1.54) is 18.2 Å². The highest BCUT2D eigenvalue weighted by atomic mass is 35.5. The summed E-state index contributed by atoms with van der Waals surface area (Å²) in [5.41, 5.74) is 0.309. The summed E-state index contributed by atoms with van der Waals surface area (Å²) in [5.74, 6) is -0.649. The maximum Gasteiger partial charge on any atom is 0.254 e. The summed E-state index contributed by atoms with van der Waals surface area (Å²) < 4.78 is 13.2. The van der Waals surface area contributed by atoms with Gasteiger partial charge in [0.05, 0.1) is 0 Å². The zero-order valence-corrected chi connectivity index (χ0v) is 10.3. The predicted molar refractivity (Wildman–Crippen MR) is 64.8 cm³/mol. The van der Waals surface area contributed by atoms with E-state index in [1.54, 1.807) is 4.90 Å². The van der Waals surface area contributed by atoms with Crippen molar-refractivity contribution >= 4 is 17.5 Å². The highest BCUT2D eigenvalue weighted by Gasteiger charge is 2.24. The molecule has 3 nitrogen and oxygen atoms in total. The number of piperazine rings is 1. The molecule has 5 heteroatoms. The molecule has 1 aliphatic heterocycles. The number of nitrogens with one attached hydrogen (secondary N) is 1. The SMILES string of the molecule is C[C@H]1CNCCN1C(=O)c1cc(F)cc(Cl)c1. The van der Waals surface area contributed by atoms with Crippen LogP contribution >= 0.6 is 11.6 Å². The van der Waals surface area contributed by atoms with Crippen molar-refractivity contribution < 1.29 is 9.18 Å². The molecule has 1 fully saturated rings. The second-order valence-corrected chi connectivity index (χ2v) is 4.65. The molecule has 1 aromatic rings. The van der Waals surface area contributed by atoms with Crippen molar-refractivity contribution in [2.24, 2.45) is 0 Å². The van der Waals surface area contributed by atoms with Gasteiger partial charge in [-0.15, -0.1) is 0 Å². The molecule has 92 valence electrons. The van der Waals surface area contributed by atoms with Crippen LogP contribution in [0.5, 0.6) is 0 Å². The van der Waals surface area contributed by atoms with Crippen LogP contribution in [0.1, 0.15) is 17.3 Å². The van der Waals surface area contributed by atoms with E-state index < -0.39 is 5.82 Å². The minimum absolute atomic E-state index is 0.110. The second-order valence-electron chi connectivity index (χ2n) is 4.21. The van der Waals surface area contributed by atoms with E-state index >= 15 is 0 Å². The lowest BCUT2D eigenvalue weighted by Crippen LogP contribution is -2.52. The van der Waals surface area contributed by atoms with Crippen molar-refractivity contribution in [2.75, 3.05) is 19.6 Å². The lowest BCUT2D eigenvalue weighted by atomic mass is 10.1. The Kier molecular flexibility index (Phi) is 3.64. The van der Waals surface area contributed by atoms with E-state index in [4.69, 9.17) is 11.6 Å². The van der Waals surface area contributed by atoms with Crippen LogP contribution in [0.2, 0.25) is 5.02 Å². The van der Waals surface area contributed by atoms with Gasteiger partial charge in [-0.1, -0.05) is 11.6 Å². The summed E-state index contributed by atoms with van der Waals surface area (Å²) in [4.78, 5) is 13.9. The smallest absolute Gasteiger partial charge is 0.254 e. The second kappa shape index (κ2) is 5.02. The van der Waals surface area contributed by atoms with Crippen LogP contribution in [0.25, 0.3) is 0 Å². The largest absolute Gasteiger partial charge is 0.333 e. The zero-order chi connectivity index (χ0) is 12.4. The summed E-state index contributed by atoms with van der Waals surface area (Å²) >= 11 is 5.75. The van der Waals surface area contributed by atoms with Crippen LogP contribution in [0.4, 0.5) is 4.39 Å². The number of rotatable bonds is 1. The molecule has 2 rings (SSSR count).